The number of amides is 5. The number of hydrogen-bond acceptors (Lipinski definition) is 10. The Morgan fingerprint density at radius 1 is 0.845 bits per heavy atom. The van der Waals surface area contributed by atoms with E-state index in [1.54, 1.807) is 21.1 Å². The molecule has 328 valence electrons. The van der Waals surface area contributed by atoms with Gasteiger partial charge in [-0.15, -0.1) is 0 Å². The van der Waals surface area contributed by atoms with Crippen LogP contribution in [0, 0.1) is 23.7 Å². The fourth-order valence-corrected chi connectivity index (χ4v) is 9.04. The van der Waals surface area contributed by atoms with Gasteiger partial charge in [0.25, 0.3) is 5.91 Å². The average Bonchev–Trinajstić information content (AvgIpc) is 3.67. The molecular weight excluding hydrogens is 741 g/mol. The average molecular weight is 815 g/mol. The van der Waals surface area contributed by atoms with Gasteiger partial charge in [-0.2, -0.15) is 0 Å². The molecule has 5 amide bonds. The van der Waals surface area contributed by atoms with E-state index in [1.807, 2.05) is 93.9 Å². The van der Waals surface area contributed by atoms with E-state index in [1.165, 1.54) is 5.06 Å². The first-order valence-corrected chi connectivity index (χ1v) is 21.3. The Balaban J connectivity index is 1.81. The van der Waals surface area contributed by atoms with E-state index in [-0.39, 0.29) is 65.8 Å². The van der Waals surface area contributed by atoms with Crippen LogP contribution in [0.5, 0.6) is 0 Å². The first-order chi connectivity index (χ1) is 27.5. The van der Waals surface area contributed by atoms with E-state index in [4.69, 9.17) is 14.3 Å². The summed E-state index contributed by atoms with van der Waals surface area (Å²) < 4.78 is 12.1. The molecule has 2 fully saturated rings. The van der Waals surface area contributed by atoms with Crippen molar-refractivity contribution in [1.29, 1.82) is 0 Å². The smallest absolute Gasteiger partial charge is 0.269 e. The highest BCUT2D eigenvalue weighted by Gasteiger charge is 2.44. The summed E-state index contributed by atoms with van der Waals surface area (Å²) >= 11 is 0. The molecule has 0 saturated carbocycles. The van der Waals surface area contributed by atoms with Crippen LogP contribution < -0.4 is 10.6 Å². The number of carbonyl (C=O) groups is 5. The molecule has 2 heterocycles. The number of nitrogens with one attached hydrogen (secondary N) is 2. The fourth-order valence-electron chi connectivity index (χ4n) is 9.04. The molecule has 9 atom stereocenters. The maximum absolute atomic E-state index is 14.4. The van der Waals surface area contributed by atoms with Crippen molar-refractivity contribution in [3.63, 3.8) is 0 Å². The molecule has 14 heteroatoms. The summed E-state index contributed by atoms with van der Waals surface area (Å²) in [5.41, 5.74) is 0.911. The van der Waals surface area contributed by atoms with Crippen LogP contribution in [-0.4, -0.2) is 147 Å². The Bertz CT molecular complexity index is 1460. The molecule has 3 rings (SSSR count). The number of benzene rings is 1. The molecule has 1 aromatic rings. The number of ether oxygens (including phenoxy) is 2. The lowest BCUT2D eigenvalue weighted by Gasteiger charge is -2.43. The van der Waals surface area contributed by atoms with Crippen LogP contribution in [0.15, 0.2) is 30.3 Å². The molecule has 2 aliphatic heterocycles. The van der Waals surface area contributed by atoms with Gasteiger partial charge in [-0.3, -0.25) is 43.9 Å². The molecule has 58 heavy (non-hydrogen) atoms. The number of hydroxylamine groups is 2. The number of imide groups is 1. The van der Waals surface area contributed by atoms with Crippen LogP contribution in [0.2, 0.25) is 0 Å². The van der Waals surface area contributed by atoms with E-state index in [0.29, 0.717) is 32.5 Å². The number of likely N-dealkylation sites (tertiary alicyclic amines) is 1. The minimum absolute atomic E-state index is 0.000403. The number of rotatable bonds is 21. The zero-order valence-corrected chi connectivity index (χ0v) is 37.4. The third-order valence-electron chi connectivity index (χ3n) is 12.1. The van der Waals surface area contributed by atoms with Crippen LogP contribution in [0.3, 0.4) is 0 Å². The lowest BCUT2D eigenvalue weighted by Crippen LogP contribution is -2.60. The van der Waals surface area contributed by atoms with Crippen molar-refractivity contribution >= 4 is 29.5 Å². The number of carbonyl (C=O) groups excluding carboxylic acids is 5. The second-order valence-electron chi connectivity index (χ2n) is 17.2. The largest absolute Gasteiger partial charge is 0.379 e. The first kappa shape index (κ1) is 48.9. The van der Waals surface area contributed by atoms with E-state index in [2.05, 4.69) is 24.5 Å². The van der Waals surface area contributed by atoms with Crippen LogP contribution in [0.4, 0.5) is 0 Å². The van der Waals surface area contributed by atoms with E-state index >= 15 is 0 Å². The molecule has 0 aliphatic carbocycles. The van der Waals surface area contributed by atoms with Crippen molar-refractivity contribution in [1.82, 2.24) is 30.4 Å². The number of likely N-dealkylation sites (N-methyl/N-ethyl adjacent to an activating group) is 2. The predicted octanol–water partition coefficient (Wildman–Crippen LogP) is 3.92. The van der Waals surface area contributed by atoms with Crippen molar-refractivity contribution in [3.05, 3.63) is 35.9 Å². The van der Waals surface area contributed by atoms with Gasteiger partial charge in [-0.1, -0.05) is 85.2 Å². The Morgan fingerprint density at radius 2 is 1.48 bits per heavy atom. The van der Waals surface area contributed by atoms with Crippen molar-refractivity contribution in [2.75, 3.05) is 55.1 Å². The van der Waals surface area contributed by atoms with Crippen molar-refractivity contribution < 1.29 is 38.3 Å². The summed E-state index contributed by atoms with van der Waals surface area (Å²) in [7, 11) is 8.67. The molecule has 0 unspecified atom stereocenters. The highest BCUT2D eigenvalue weighted by Crippen LogP contribution is 2.30. The molecule has 0 aromatic heterocycles. The number of hydrogen-bond donors (Lipinski definition) is 2. The molecule has 2 saturated heterocycles. The quantitative estimate of drug-likeness (QED) is 0.187. The van der Waals surface area contributed by atoms with Crippen LogP contribution in [0.1, 0.15) is 92.6 Å². The Morgan fingerprint density at radius 3 is 2.02 bits per heavy atom. The van der Waals surface area contributed by atoms with Gasteiger partial charge < -0.3 is 19.7 Å². The van der Waals surface area contributed by atoms with Crippen molar-refractivity contribution in [2.45, 2.75) is 136 Å². The van der Waals surface area contributed by atoms with Crippen LogP contribution in [-0.2, 0) is 44.7 Å². The Labute approximate surface area is 348 Å². The van der Waals surface area contributed by atoms with Gasteiger partial charge in [0.05, 0.1) is 49.3 Å². The van der Waals surface area contributed by atoms with Gasteiger partial charge in [0, 0.05) is 39.8 Å². The third kappa shape index (κ3) is 12.8. The van der Waals surface area contributed by atoms with Crippen molar-refractivity contribution in [3.8, 4) is 0 Å². The second-order valence-corrected chi connectivity index (χ2v) is 17.2. The molecule has 0 radical (unpaired) electrons. The zero-order valence-electron chi connectivity index (χ0n) is 37.4. The predicted molar refractivity (Wildman–Crippen MR) is 224 cm³/mol. The standard InChI is InChI=1S/C44H74N6O8/c1-13-30(6)39(48(10)38(29(4)5)43(54)46-42(53)37(28(2)3)47(8)9)35(56-11)27-36(51)49-23-19-22-34(49)40(57-12)31(7)41(52)45-33(26-32-20-15-14-16-21-32)44(55)50-24-17-18-25-58-50/h14-16,20-21,28-31,33-35,37-40H,13,17-19,22-27H2,1-12H3,(H,45,52)(H,46,53,54)/t30-,31+,33-,34-,35+,37-,38-,39-,40+/m0/s1. The fraction of sp³-hybridized carbons (Fsp3) is 0.750. The lowest BCUT2D eigenvalue weighted by molar-refractivity contribution is -0.199. The zero-order chi connectivity index (χ0) is 43.3. The summed E-state index contributed by atoms with van der Waals surface area (Å²) in [5, 5.41) is 7.08. The van der Waals surface area contributed by atoms with Crippen LogP contribution >= 0.6 is 0 Å². The summed E-state index contributed by atoms with van der Waals surface area (Å²) in [6, 6.07) is 6.87. The third-order valence-corrected chi connectivity index (χ3v) is 12.1. The minimum Gasteiger partial charge on any atom is -0.379 e. The first-order valence-electron chi connectivity index (χ1n) is 21.3. The van der Waals surface area contributed by atoms with E-state index < -0.39 is 36.3 Å². The van der Waals surface area contributed by atoms with Gasteiger partial charge in [-0.25, -0.2) is 5.06 Å². The molecule has 0 bridgehead atoms. The highest BCUT2D eigenvalue weighted by atomic mass is 16.7. The monoisotopic (exact) mass is 815 g/mol. The molecule has 14 nitrogen and oxygen atoms in total. The van der Waals surface area contributed by atoms with E-state index in [9.17, 15) is 24.0 Å². The topological polar surface area (TPSA) is 150 Å². The maximum atomic E-state index is 14.4. The molecule has 2 N–H and O–H groups in total. The minimum atomic E-state index is -0.842. The summed E-state index contributed by atoms with van der Waals surface area (Å²) in [6.07, 6.45) is 3.00. The lowest BCUT2D eigenvalue weighted by atomic mass is 9.87. The van der Waals surface area contributed by atoms with Crippen molar-refractivity contribution in [2.24, 2.45) is 23.7 Å². The Hall–Kier alpha value is -3.43. The number of nitrogens with zero attached hydrogens (tertiary/aromatic N) is 4. The molecule has 2 aliphatic rings. The van der Waals surface area contributed by atoms with Gasteiger partial charge in [0.15, 0.2) is 0 Å². The maximum Gasteiger partial charge on any atom is 0.269 e. The molecule has 1 aromatic carbocycles. The summed E-state index contributed by atoms with van der Waals surface area (Å²) in [4.78, 5) is 80.6. The normalized spacial score (nSPS) is 20.4. The molecular formula is C44H74N6O8. The SMILES string of the molecule is CC[C@H](C)[C@@H]([C@@H](CC(=O)N1CCC[C@H]1[C@H](OC)[C@@H](C)C(=O)N[C@@H](Cc1ccccc1)C(=O)N1CCCCO1)OC)N(C)[C@H](C(=O)NC(=O)[C@H](C(C)C)N(C)C)C(C)C. The van der Waals surface area contributed by atoms with E-state index in [0.717, 1.165) is 31.2 Å². The summed E-state index contributed by atoms with van der Waals surface area (Å²) in [5.74, 6) is -2.29. The van der Waals surface area contributed by atoms with Gasteiger partial charge >= 0.3 is 0 Å². The highest BCUT2D eigenvalue weighted by molar-refractivity contribution is 6.00. The molecule has 0 spiro atoms. The van der Waals surface area contributed by atoms with Gasteiger partial charge in [-0.05, 0) is 70.1 Å². The second kappa shape index (κ2) is 23.4. The summed E-state index contributed by atoms with van der Waals surface area (Å²) in [6.45, 7) is 15.2. The number of methoxy groups -OCH3 is 2. The van der Waals surface area contributed by atoms with Gasteiger partial charge in [0.1, 0.15) is 6.04 Å². The van der Waals surface area contributed by atoms with Crippen LogP contribution in [0.25, 0.3) is 0 Å². The Kier molecular flexibility index (Phi) is 19.7. The van der Waals surface area contributed by atoms with Gasteiger partial charge in [0.2, 0.25) is 23.6 Å².